The molecule has 1 saturated heterocycles. The molecule has 1 atom stereocenters. The summed E-state index contributed by atoms with van der Waals surface area (Å²) in [6, 6.07) is 7.28. The third kappa shape index (κ3) is 1.95. The minimum atomic E-state index is 0.171. The third-order valence-electron chi connectivity index (χ3n) is 4.10. The Hall–Kier alpha value is -1.39. The van der Waals surface area contributed by atoms with E-state index in [1.54, 1.807) is 0 Å². The third-order valence-corrected chi connectivity index (χ3v) is 4.10. The van der Waals surface area contributed by atoms with Crippen molar-refractivity contribution in [3.63, 3.8) is 0 Å². The van der Waals surface area contributed by atoms with E-state index < -0.39 is 0 Å². The molecular formula is C15H19N3O. The summed E-state index contributed by atoms with van der Waals surface area (Å²) in [7, 11) is 0. The van der Waals surface area contributed by atoms with Crippen LogP contribution < -0.4 is 5.32 Å². The Kier molecular flexibility index (Phi) is 2.60. The highest BCUT2D eigenvalue weighted by molar-refractivity contribution is 5.77. The molecule has 2 heterocycles. The van der Waals surface area contributed by atoms with E-state index in [1.165, 1.54) is 23.9 Å². The Bertz CT molecular complexity index is 609. The van der Waals surface area contributed by atoms with Gasteiger partial charge in [0.25, 0.3) is 0 Å². The van der Waals surface area contributed by atoms with Crippen LogP contribution in [0, 0.1) is 6.92 Å². The second-order valence-electron chi connectivity index (χ2n) is 5.57. The van der Waals surface area contributed by atoms with E-state index in [0.29, 0.717) is 6.04 Å². The monoisotopic (exact) mass is 257 g/mol. The zero-order valence-corrected chi connectivity index (χ0v) is 11.2. The topological polar surface area (TPSA) is 39.1 Å². The van der Waals surface area contributed by atoms with E-state index in [9.17, 15) is 0 Å². The molecule has 0 spiro atoms. The number of hydrogen-bond donors (Lipinski definition) is 1. The van der Waals surface area contributed by atoms with Gasteiger partial charge in [-0.05, 0) is 37.5 Å². The van der Waals surface area contributed by atoms with Crippen LogP contribution in [0.1, 0.15) is 36.4 Å². The molecule has 100 valence electrons. The molecule has 1 unspecified atom stereocenters. The van der Waals surface area contributed by atoms with Crippen LogP contribution in [0.2, 0.25) is 0 Å². The lowest BCUT2D eigenvalue weighted by Gasteiger charge is -2.23. The summed E-state index contributed by atoms with van der Waals surface area (Å²) in [5.74, 6) is 1.14. The van der Waals surface area contributed by atoms with Gasteiger partial charge < -0.3 is 14.6 Å². The predicted molar refractivity (Wildman–Crippen MR) is 74.3 cm³/mol. The SMILES string of the molecule is Cc1nc2cc(C3CNCCO3)ccc2n1C1CC1. The van der Waals surface area contributed by atoms with Gasteiger partial charge in [-0.25, -0.2) is 4.98 Å². The van der Waals surface area contributed by atoms with E-state index in [-0.39, 0.29) is 6.10 Å². The Morgan fingerprint density at radius 2 is 2.26 bits per heavy atom. The van der Waals surface area contributed by atoms with Gasteiger partial charge in [0.2, 0.25) is 0 Å². The fourth-order valence-corrected chi connectivity index (χ4v) is 3.01. The molecule has 2 aliphatic rings. The molecule has 0 radical (unpaired) electrons. The number of ether oxygens (including phenoxy) is 1. The summed E-state index contributed by atoms with van der Waals surface area (Å²) in [5.41, 5.74) is 3.61. The zero-order chi connectivity index (χ0) is 12.8. The largest absolute Gasteiger partial charge is 0.371 e. The molecule has 1 saturated carbocycles. The summed E-state index contributed by atoms with van der Waals surface area (Å²) in [6.07, 6.45) is 2.76. The van der Waals surface area contributed by atoms with Crippen LogP contribution in [-0.2, 0) is 4.74 Å². The van der Waals surface area contributed by atoms with Crippen molar-refractivity contribution in [3.8, 4) is 0 Å². The van der Waals surface area contributed by atoms with Crippen LogP contribution in [0.25, 0.3) is 11.0 Å². The van der Waals surface area contributed by atoms with E-state index >= 15 is 0 Å². The fourth-order valence-electron chi connectivity index (χ4n) is 3.01. The van der Waals surface area contributed by atoms with Crippen LogP contribution in [0.4, 0.5) is 0 Å². The molecule has 4 nitrogen and oxygen atoms in total. The number of rotatable bonds is 2. The van der Waals surface area contributed by atoms with E-state index in [2.05, 4.69) is 35.0 Å². The second kappa shape index (κ2) is 4.32. The standard InChI is InChI=1S/C15H19N3O/c1-10-17-13-8-11(15-9-16-6-7-19-15)2-5-14(13)18(10)12-3-4-12/h2,5,8,12,15-16H,3-4,6-7,9H2,1H3. The lowest BCUT2D eigenvalue weighted by molar-refractivity contribution is 0.0278. The number of aryl methyl sites for hydroxylation is 1. The average Bonchev–Trinajstić information content (AvgIpc) is 3.21. The number of nitrogens with zero attached hydrogens (tertiary/aromatic N) is 2. The summed E-state index contributed by atoms with van der Waals surface area (Å²) in [4.78, 5) is 4.72. The molecule has 1 aromatic heterocycles. The number of imidazole rings is 1. The van der Waals surface area contributed by atoms with Crippen molar-refractivity contribution in [3.05, 3.63) is 29.6 Å². The maximum atomic E-state index is 5.81. The number of nitrogens with one attached hydrogen (secondary N) is 1. The van der Waals surface area contributed by atoms with Crippen LogP contribution in [0.5, 0.6) is 0 Å². The Labute approximate surface area is 112 Å². The maximum Gasteiger partial charge on any atom is 0.106 e. The minimum Gasteiger partial charge on any atom is -0.371 e. The van der Waals surface area contributed by atoms with Crippen LogP contribution in [0.3, 0.4) is 0 Å². The smallest absolute Gasteiger partial charge is 0.106 e. The molecule has 1 aliphatic heterocycles. The van der Waals surface area contributed by atoms with Gasteiger partial charge in [-0.3, -0.25) is 0 Å². The van der Waals surface area contributed by atoms with Gasteiger partial charge >= 0.3 is 0 Å². The van der Waals surface area contributed by atoms with E-state index in [0.717, 1.165) is 31.0 Å². The number of aromatic nitrogens is 2. The summed E-state index contributed by atoms with van der Waals surface area (Å²) >= 11 is 0. The first-order valence-corrected chi connectivity index (χ1v) is 7.14. The summed E-state index contributed by atoms with van der Waals surface area (Å²) in [5, 5.41) is 3.38. The van der Waals surface area contributed by atoms with Gasteiger partial charge in [-0.2, -0.15) is 0 Å². The maximum absolute atomic E-state index is 5.81. The zero-order valence-electron chi connectivity index (χ0n) is 11.2. The van der Waals surface area contributed by atoms with Gasteiger partial charge in [-0.1, -0.05) is 6.07 Å². The lowest BCUT2D eigenvalue weighted by atomic mass is 10.1. The molecule has 1 N–H and O–H groups in total. The van der Waals surface area contributed by atoms with Crippen molar-refractivity contribution in [2.75, 3.05) is 19.7 Å². The first kappa shape index (κ1) is 11.4. The summed E-state index contributed by atoms with van der Waals surface area (Å²) in [6.45, 7) is 4.75. The molecule has 4 rings (SSSR count). The van der Waals surface area contributed by atoms with Crippen molar-refractivity contribution in [1.82, 2.24) is 14.9 Å². The van der Waals surface area contributed by atoms with Gasteiger partial charge in [0, 0.05) is 19.1 Å². The number of fused-ring (bicyclic) bond motifs is 1. The molecule has 2 fully saturated rings. The minimum absolute atomic E-state index is 0.171. The quantitative estimate of drug-likeness (QED) is 0.897. The molecule has 4 heteroatoms. The number of morpholine rings is 1. The van der Waals surface area contributed by atoms with Crippen molar-refractivity contribution in [2.45, 2.75) is 31.9 Å². The second-order valence-corrected chi connectivity index (χ2v) is 5.57. The van der Waals surface area contributed by atoms with Gasteiger partial charge in [0.05, 0.1) is 23.7 Å². The first-order chi connectivity index (χ1) is 9.33. The molecular weight excluding hydrogens is 238 g/mol. The van der Waals surface area contributed by atoms with Crippen molar-refractivity contribution in [1.29, 1.82) is 0 Å². The van der Waals surface area contributed by atoms with Crippen molar-refractivity contribution < 1.29 is 4.74 Å². The Morgan fingerprint density at radius 3 is 3.00 bits per heavy atom. The lowest BCUT2D eigenvalue weighted by Crippen LogP contribution is -2.33. The van der Waals surface area contributed by atoms with E-state index in [1.807, 2.05) is 0 Å². The van der Waals surface area contributed by atoms with Crippen molar-refractivity contribution in [2.24, 2.45) is 0 Å². The van der Waals surface area contributed by atoms with Gasteiger partial charge in [-0.15, -0.1) is 0 Å². The van der Waals surface area contributed by atoms with Crippen molar-refractivity contribution >= 4 is 11.0 Å². The highest BCUT2D eigenvalue weighted by atomic mass is 16.5. The molecule has 19 heavy (non-hydrogen) atoms. The van der Waals surface area contributed by atoms with Crippen LogP contribution in [-0.4, -0.2) is 29.2 Å². The molecule has 0 bridgehead atoms. The van der Waals surface area contributed by atoms with Crippen LogP contribution >= 0.6 is 0 Å². The van der Waals surface area contributed by atoms with Gasteiger partial charge in [0.1, 0.15) is 5.82 Å². The van der Waals surface area contributed by atoms with Gasteiger partial charge in [0.15, 0.2) is 0 Å². The summed E-state index contributed by atoms with van der Waals surface area (Å²) < 4.78 is 8.20. The Morgan fingerprint density at radius 1 is 1.37 bits per heavy atom. The highest BCUT2D eigenvalue weighted by Gasteiger charge is 2.27. The average molecular weight is 257 g/mol. The van der Waals surface area contributed by atoms with Crippen LogP contribution in [0.15, 0.2) is 18.2 Å². The number of hydrogen-bond acceptors (Lipinski definition) is 3. The predicted octanol–water partition coefficient (Wildman–Crippen LogP) is 2.34. The normalized spacial score (nSPS) is 23.9. The molecule has 0 amide bonds. The molecule has 1 aliphatic carbocycles. The number of benzene rings is 1. The first-order valence-electron chi connectivity index (χ1n) is 7.14. The highest BCUT2D eigenvalue weighted by Crippen LogP contribution is 2.38. The Balaban J connectivity index is 1.75. The van der Waals surface area contributed by atoms with E-state index in [4.69, 9.17) is 9.72 Å². The molecule has 1 aromatic carbocycles. The fraction of sp³-hybridized carbons (Fsp3) is 0.533. The molecule has 2 aromatic rings.